The third-order valence-corrected chi connectivity index (χ3v) is 5.56. The number of methoxy groups -OCH3 is 2. The predicted octanol–water partition coefficient (Wildman–Crippen LogP) is 3.97. The lowest BCUT2D eigenvalue weighted by Gasteiger charge is -2.37. The van der Waals surface area contributed by atoms with E-state index in [4.69, 9.17) is 9.47 Å². The largest absolute Gasteiger partial charge is 0.468 e. The van der Waals surface area contributed by atoms with E-state index in [1.807, 2.05) is 30.3 Å². The minimum atomic E-state index is -2.00. The molecule has 1 aliphatic rings. The predicted molar refractivity (Wildman–Crippen MR) is 115 cm³/mol. The molecule has 0 radical (unpaired) electrons. The summed E-state index contributed by atoms with van der Waals surface area (Å²) in [5, 5.41) is 0. The third-order valence-electron chi connectivity index (χ3n) is 5.56. The van der Waals surface area contributed by atoms with Gasteiger partial charge in [-0.15, -0.1) is 0 Å². The fourth-order valence-electron chi connectivity index (χ4n) is 4.23. The summed E-state index contributed by atoms with van der Waals surface area (Å²) in [6, 6.07) is 24.6. The van der Waals surface area contributed by atoms with Crippen LogP contribution in [0.25, 0.3) is 5.57 Å². The first-order valence-electron chi connectivity index (χ1n) is 9.74. The van der Waals surface area contributed by atoms with Crippen LogP contribution < -0.4 is 0 Å². The number of benzene rings is 3. The van der Waals surface area contributed by atoms with Gasteiger partial charge in [0.25, 0.3) is 0 Å². The molecule has 5 heteroatoms. The van der Waals surface area contributed by atoms with E-state index < -0.39 is 23.1 Å². The summed E-state index contributed by atoms with van der Waals surface area (Å²) in [5.74, 6) is -2.13. The first-order valence-corrected chi connectivity index (χ1v) is 9.74. The number of fused-ring (bicyclic) bond motifs is 1. The smallest absolute Gasteiger partial charge is 0.336 e. The number of ether oxygens (including phenoxy) is 2. The Morgan fingerprint density at radius 2 is 1.26 bits per heavy atom. The van der Waals surface area contributed by atoms with Gasteiger partial charge in [0.05, 0.1) is 19.8 Å². The van der Waals surface area contributed by atoms with Gasteiger partial charge < -0.3 is 9.47 Å². The highest BCUT2D eigenvalue weighted by atomic mass is 16.5. The maximum absolute atomic E-state index is 14.0. The molecule has 0 aliphatic heterocycles. The summed E-state index contributed by atoms with van der Waals surface area (Å²) in [6.07, 6.45) is 0. The van der Waals surface area contributed by atoms with E-state index in [0.29, 0.717) is 27.8 Å². The Bertz CT molecular complexity index is 1190. The van der Waals surface area contributed by atoms with Crippen LogP contribution in [0.3, 0.4) is 0 Å². The zero-order valence-corrected chi connectivity index (χ0v) is 17.1. The lowest BCUT2D eigenvalue weighted by molar-refractivity contribution is -0.147. The van der Waals surface area contributed by atoms with Crippen molar-refractivity contribution in [3.63, 3.8) is 0 Å². The molecule has 0 aromatic heterocycles. The van der Waals surface area contributed by atoms with Crippen LogP contribution in [0, 0.1) is 0 Å². The highest BCUT2D eigenvalue weighted by molar-refractivity contribution is 6.30. The van der Waals surface area contributed by atoms with Gasteiger partial charge in [-0.3, -0.25) is 9.59 Å². The standard InChI is InChI=1S/C26H20O5/c1-30-24(28)22-21(17-11-5-3-6-12-17)19-15-9-10-16-20(19)23(27)26(22,25(29)31-2)18-13-7-4-8-14-18/h3-16H,1-2H3/t26-/m1/s1. The molecule has 154 valence electrons. The highest BCUT2D eigenvalue weighted by Gasteiger charge is 2.58. The van der Waals surface area contributed by atoms with Crippen molar-refractivity contribution in [2.24, 2.45) is 0 Å². The fourth-order valence-corrected chi connectivity index (χ4v) is 4.23. The molecule has 1 atom stereocenters. The second-order valence-electron chi connectivity index (χ2n) is 7.09. The number of esters is 2. The summed E-state index contributed by atoms with van der Waals surface area (Å²) in [6.45, 7) is 0. The molecule has 3 aromatic carbocycles. The van der Waals surface area contributed by atoms with Gasteiger partial charge in [-0.05, 0) is 16.7 Å². The van der Waals surface area contributed by atoms with Crippen molar-refractivity contribution in [1.29, 1.82) is 0 Å². The number of ketones is 1. The van der Waals surface area contributed by atoms with Crippen LogP contribution in [0.2, 0.25) is 0 Å². The van der Waals surface area contributed by atoms with Crippen molar-refractivity contribution in [2.75, 3.05) is 14.2 Å². The molecule has 0 unspecified atom stereocenters. The number of rotatable bonds is 4. The first kappa shape index (κ1) is 20.3. The van der Waals surface area contributed by atoms with E-state index >= 15 is 0 Å². The molecule has 0 saturated heterocycles. The van der Waals surface area contributed by atoms with Crippen LogP contribution in [-0.4, -0.2) is 31.9 Å². The summed E-state index contributed by atoms with van der Waals surface area (Å²) in [4.78, 5) is 40.7. The van der Waals surface area contributed by atoms with Crippen LogP contribution in [0.5, 0.6) is 0 Å². The number of hydrogen-bond acceptors (Lipinski definition) is 5. The van der Waals surface area contributed by atoms with Crippen LogP contribution in [0.4, 0.5) is 0 Å². The van der Waals surface area contributed by atoms with Crippen LogP contribution in [0.1, 0.15) is 27.0 Å². The average Bonchev–Trinajstić information content (AvgIpc) is 2.84. The van der Waals surface area contributed by atoms with Gasteiger partial charge in [0.2, 0.25) is 0 Å². The monoisotopic (exact) mass is 412 g/mol. The summed E-state index contributed by atoms with van der Waals surface area (Å²) in [7, 11) is 2.44. The molecule has 0 amide bonds. The van der Waals surface area contributed by atoms with Crippen molar-refractivity contribution >= 4 is 23.3 Å². The van der Waals surface area contributed by atoms with E-state index in [9.17, 15) is 14.4 Å². The Balaban J connectivity index is 2.25. The minimum absolute atomic E-state index is 0.0528. The Hall–Kier alpha value is -3.99. The number of carbonyl (C=O) groups is 3. The molecule has 0 spiro atoms. The Kier molecular flexibility index (Phi) is 5.26. The van der Waals surface area contributed by atoms with Crippen molar-refractivity contribution in [1.82, 2.24) is 0 Å². The molecule has 3 aromatic rings. The maximum atomic E-state index is 14.0. The second kappa shape index (κ2) is 8.03. The molecule has 0 saturated carbocycles. The topological polar surface area (TPSA) is 69.7 Å². The quantitative estimate of drug-likeness (QED) is 0.479. The average molecular weight is 412 g/mol. The van der Waals surface area contributed by atoms with Gasteiger partial charge in [-0.1, -0.05) is 84.9 Å². The molecular weight excluding hydrogens is 392 g/mol. The molecule has 4 rings (SSSR count). The van der Waals surface area contributed by atoms with E-state index in [1.54, 1.807) is 54.6 Å². The normalized spacial score (nSPS) is 17.7. The minimum Gasteiger partial charge on any atom is -0.468 e. The van der Waals surface area contributed by atoms with E-state index in [1.165, 1.54) is 14.2 Å². The Morgan fingerprint density at radius 1 is 0.710 bits per heavy atom. The van der Waals surface area contributed by atoms with Crippen LogP contribution >= 0.6 is 0 Å². The lowest BCUT2D eigenvalue weighted by atomic mass is 9.62. The SMILES string of the molecule is COC(=O)C1=C(c2ccccc2)c2ccccc2C(=O)[C@@]1(C(=O)OC)c1ccccc1. The van der Waals surface area contributed by atoms with E-state index in [2.05, 4.69) is 0 Å². The summed E-state index contributed by atoms with van der Waals surface area (Å²) in [5.41, 5.74) is 0.350. The van der Waals surface area contributed by atoms with E-state index in [-0.39, 0.29) is 5.57 Å². The van der Waals surface area contributed by atoms with Crippen LogP contribution in [-0.2, 0) is 24.5 Å². The molecule has 0 bridgehead atoms. The van der Waals surface area contributed by atoms with Crippen molar-refractivity contribution in [3.05, 3.63) is 113 Å². The molecular formula is C26H20O5. The first-order chi connectivity index (χ1) is 15.1. The molecule has 0 fully saturated rings. The lowest BCUT2D eigenvalue weighted by Crippen LogP contribution is -2.51. The Labute approximate surface area is 179 Å². The summed E-state index contributed by atoms with van der Waals surface area (Å²) >= 11 is 0. The second-order valence-corrected chi connectivity index (χ2v) is 7.09. The third kappa shape index (κ3) is 2.97. The van der Waals surface area contributed by atoms with Crippen molar-refractivity contribution < 1.29 is 23.9 Å². The Morgan fingerprint density at radius 3 is 1.84 bits per heavy atom. The molecule has 0 N–H and O–H groups in total. The van der Waals surface area contributed by atoms with Gasteiger partial charge in [0, 0.05) is 11.1 Å². The van der Waals surface area contributed by atoms with E-state index in [0.717, 1.165) is 0 Å². The number of hydrogen-bond donors (Lipinski definition) is 0. The van der Waals surface area contributed by atoms with Crippen molar-refractivity contribution in [2.45, 2.75) is 5.41 Å². The molecule has 1 aliphatic carbocycles. The maximum Gasteiger partial charge on any atom is 0.336 e. The fraction of sp³-hybridized carbons (Fsp3) is 0.115. The summed E-state index contributed by atoms with van der Waals surface area (Å²) < 4.78 is 10.3. The molecule has 31 heavy (non-hydrogen) atoms. The van der Waals surface area contributed by atoms with Gasteiger partial charge in [0.15, 0.2) is 11.2 Å². The van der Waals surface area contributed by atoms with Gasteiger partial charge >= 0.3 is 11.9 Å². The van der Waals surface area contributed by atoms with Gasteiger partial charge in [-0.25, -0.2) is 4.79 Å². The van der Waals surface area contributed by atoms with Crippen molar-refractivity contribution in [3.8, 4) is 0 Å². The zero-order chi connectivity index (χ0) is 22.0. The van der Waals surface area contributed by atoms with Gasteiger partial charge in [-0.2, -0.15) is 0 Å². The highest BCUT2D eigenvalue weighted by Crippen LogP contribution is 2.48. The molecule has 0 heterocycles. The van der Waals surface area contributed by atoms with Gasteiger partial charge in [0.1, 0.15) is 0 Å². The van der Waals surface area contributed by atoms with Crippen LogP contribution in [0.15, 0.2) is 90.5 Å². The number of carbonyl (C=O) groups excluding carboxylic acids is 3. The molecule has 5 nitrogen and oxygen atoms in total. The zero-order valence-electron chi connectivity index (χ0n) is 17.1. The number of Topliss-reactive ketones (excluding diaryl/α,β-unsaturated/α-hetero) is 1.